The van der Waals surface area contributed by atoms with Gasteiger partial charge in [-0.15, -0.1) is 34.4 Å². The topological polar surface area (TPSA) is 100 Å². The van der Waals surface area contributed by atoms with Gasteiger partial charge in [-0.3, -0.25) is 5.41 Å². The van der Waals surface area contributed by atoms with Crippen molar-refractivity contribution in [3.63, 3.8) is 0 Å². The molecule has 0 aliphatic carbocycles. The van der Waals surface area contributed by atoms with E-state index in [1.807, 2.05) is 12.3 Å². The summed E-state index contributed by atoms with van der Waals surface area (Å²) < 4.78 is 32.9. The van der Waals surface area contributed by atoms with Crippen LogP contribution in [0, 0.1) is 12.3 Å². The summed E-state index contributed by atoms with van der Waals surface area (Å²) in [5.74, 6) is -2.64. The third kappa shape index (κ3) is 6.05. The van der Waals surface area contributed by atoms with Gasteiger partial charge in [-0.25, -0.2) is 9.78 Å². The Kier molecular flexibility index (Phi) is 7.44. The number of nitrogens with zero attached hydrogens (tertiary/aromatic N) is 1. The SMILES string of the molecule is CSc1sc(C(=N)N)cc1-c1nc(-c2ccc(C)cc2)cs1.O=C(O)C(F)(F)F. The summed E-state index contributed by atoms with van der Waals surface area (Å²) in [5.41, 5.74) is 10.0. The van der Waals surface area contributed by atoms with E-state index in [1.165, 1.54) is 5.56 Å². The number of carboxylic acids is 1. The molecule has 3 rings (SSSR count). The molecule has 0 amide bonds. The summed E-state index contributed by atoms with van der Waals surface area (Å²) >= 11 is 4.85. The third-order valence-electron chi connectivity index (χ3n) is 3.47. The molecular formula is C18H16F3N3O2S3. The number of thiophene rings is 1. The summed E-state index contributed by atoms with van der Waals surface area (Å²) in [6.07, 6.45) is -3.05. The van der Waals surface area contributed by atoms with Crippen molar-refractivity contribution in [3.8, 4) is 21.8 Å². The second-order valence-electron chi connectivity index (χ2n) is 5.64. The smallest absolute Gasteiger partial charge is 0.475 e. The molecule has 154 valence electrons. The number of amidine groups is 1. The first-order chi connectivity index (χ1) is 13.5. The minimum Gasteiger partial charge on any atom is -0.475 e. The largest absolute Gasteiger partial charge is 0.490 e. The van der Waals surface area contributed by atoms with Gasteiger partial charge in [0.2, 0.25) is 0 Å². The Hall–Kier alpha value is -2.37. The zero-order chi connectivity index (χ0) is 21.8. The van der Waals surface area contributed by atoms with Gasteiger partial charge in [-0.2, -0.15) is 13.2 Å². The molecule has 2 heterocycles. The molecule has 29 heavy (non-hydrogen) atoms. The van der Waals surface area contributed by atoms with Crippen molar-refractivity contribution in [2.75, 3.05) is 6.26 Å². The Morgan fingerprint density at radius 3 is 2.34 bits per heavy atom. The number of nitrogen functional groups attached to an aromatic ring is 1. The monoisotopic (exact) mass is 459 g/mol. The summed E-state index contributed by atoms with van der Waals surface area (Å²) in [6, 6.07) is 10.4. The molecule has 1 aromatic carbocycles. The molecule has 0 aliphatic rings. The van der Waals surface area contributed by atoms with Crippen LogP contribution >= 0.6 is 34.4 Å². The number of nitrogens with two attached hydrogens (primary N) is 1. The number of alkyl halides is 3. The lowest BCUT2D eigenvalue weighted by Crippen LogP contribution is -2.21. The van der Waals surface area contributed by atoms with E-state index in [4.69, 9.17) is 26.0 Å². The van der Waals surface area contributed by atoms with Gasteiger partial charge in [0.15, 0.2) is 0 Å². The number of hydrogen-bond acceptors (Lipinski definition) is 6. The van der Waals surface area contributed by atoms with Crippen LogP contribution in [0.25, 0.3) is 21.8 Å². The number of aliphatic carboxylic acids is 1. The molecule has 0 spiro atoms. The number of thiazole rings is 1. The highest BCUT2D eigenvalue weighted by atomic mass is 32.2. The van der Waals surface area contributed by atoms with Crippen molar-refractivity contribution in [1.82, 2.24) is 4.98 Å². The van der Waals surface area contributed by atoms with Crippen LogP contribution in [0.4, 0.5) is 13.2 Å². The maximum absolute atomic E-state index is 10.6. The van der Waals surface area contributed by atoms with Crippen LogP contribution in [0.5, 0.6) is 0 Å². The van der Waals surface area contributed by atoms with E-state index < -0.39 is 12.1 Å². The van der Waals surface area contributed by atoms with Gasteiger partial charge >= 0.3 is 12.1 Å². The van der Waals surface area contributed by atoms with Crippen LogP contribution in [0.2, 0.25) is 0 Å². The molecule has 0 unspecified atom stereocenters. The standard InChI is InChI=1S/C16H15N3S3.C2HF3O2/c1-9-3-5-10(6-4-9)12-8-21-15(19-12)11-7-13(14(17)18)22-16(11)20-2;3-2(4,5)1(6)7/h3-8H,1-2H3,(H3,17,18);(H,6,7). The molecule has 4 N–H and O–H groups in total. The van der Waals surface area contributed by atoms with E-state index in [1.54, 1.807) is 34.4 Å². The van der Waals surface area contributed by atoms with Crippen LogP contribution in [0.3, 0.4) is 0 Å². The number of aromatic nitrogens is 1. The van der Waals surface area contributed by atoms with Gasteiger partial charge in [-0.1, -0.05) is 29.8 Å². The lowest BCUT2D eigenvalue weighted by molar-refractivity contribution is -0.192. The number of nitrogens with one attached hydrogen (secondary N) is 1. The number of benzene rings is 1. The minimum absolute atomic E-state index is 0.113. The van der Waals surface area contributed by atoms with E-state index >= 15 is 0 Å². The highest BCUT2D eigenvalue weighted by Gasteiger charge is 2.38. The molecule has 5 nitrogen and oxygen atoms in total. The second kappa shape index (κ2) is 9.42. The lowest BCUT2D eigenvalue weighted by atomic mass is 10.1. The third-order valence-corrected chi connectivity index (χ3v) is 6.65. The maximum atomic E-state index is 10.6. The van der Waals surface area contributed by atoms with Gasteiger partial charge in [-0.05, 0) is 19.2 Å². The van der Waals surface area contributed by atoms with Crippen molar-refractivity contribution in [3.05, 3.63) is 46.2 Å². The number of carbonyl (C=O) groups is 1. The van der Waals surface area contributed by atoms with Crippen LogP contribution in [-0.2, 0) is 4.79 Å². The van der Waals surface area contributed by atoms with Crippen LogP contribution < -0.4 is 5.73 Å². The van der Waals surface area contributed by atoms with Gasteiger partial charge in [0.05, 0.1) is 14.8 Å². The molecule has 0 saturated carbocycles. The van der Waals surface area contributed by atoms with E-state index in [0.717, 1.165) is 30.9 Å². The summed E-state index contributed by atoms with van der Waals surface area (Å²) in [5, 5.41) is 17.8. The fraction of sp³-hybridized carbons (Fsp3) is 0.167. The Labute approximate surface area is 176 Å². The fourth-order valence-corrected chi connectivity index (χ4v) is 4.77. The molecule has 0 saturated heterocycles. The zero-order valence-corrected chi connectivity index (χ0v) is 17.7. The van der Waals surface area contributed by atoms with E-state index in [-0.39, 0.29) is 5.84 Å². The lowest BCUT2D eigenvalue weighted by Gasteiger charge is -1.98. The Morgan fingerprint density at radius 2 is 1.86 bits per heavy atom. The Morgan fingerprint density at radius 1 is 1.28 bits per heavy atom. The molecule has 11 heteroatoms. The predicted octanol–water partition coefficient (Wildman–Crippen LogP) is 5.49. The van der Waals surface area contributed by atoms with Crippen molar-refractivity contribution in [2.24, 2.45) is 5.73 Å². The number of thioether (sulfide) groups is 1. The van der Waals surface area contributed by atoms with Gasteiger partial charge in [0.1, 0.15) is 10.8 Å². The average molecular weight is 460 g/mol. The fourth-order valence-electron chi connectivity index (χ4n) is 2.06. The van der Waals surface area contributed by atoms with Crippen molar-refractivity contribution >= 4 is 46.2 Å². The maximum Gasteiger partial charge on any atom is 0.490 e. The summed E-state index contributed by atoms with van der Waals surface area (Å²) in [6.45, 7) is 2.08. The van der Waals surface area contributed by atoms with Crippen LogP contribution in [-0.4, -0.2) is 34.3 Å². The molecule has 0 bridgehead atoms. The van der Waals surface area contributed by atoms with Crippen LogP contribution in [0.15, 0.2) is 39.9 Å². The minimum atomic E-state index is -5.08. The predicted molar refractivity (Wildman–Crippen MR) is 112 cm³/mol. The highest BCUT2D eigenvalue weighted by molar-refractivity contribution is 8.00. The molecular weight excluding hydrogens is 443 g/mol. The first kappa shape index (κ1) is 22.9. The normalized spacial score (nSPS) is 10.9. The van der Waals surface area contributed by atoms with Gasteiger partial charge in [0.25, 0.3) is 0 Å². The van der Waals surface area contributed by atoms with Crippen LogP contribution in [0.1, 0.15) is 10.4 Å². The molecule has 0 radical (unpaired) electrons. The molecule has 0 fully saturated rings. The van der Waals surface area contributed by atoms with Crippen molar-refractivity contribution in [2.45, 2.75) is 17.3 Å². The van der Waals surface area contributed by atoms with Gasteiger partial charge < -0.3 is 10.8 Å². The number of halogens is 3. The van der Waals surface area contributed by atoms with E-state index in [2.05, 4.69) is 36.6 Å². The molecule has 2 aromatic heterocycles. The van der Waals surface area contributed by atoms with E-state index in [9.17, 15) is 13.2 Å². The molecule has 0 atom stereocenters. The Bertz CT molecular complexity index is 1010. The molecule has 3 aromatic rings. The number of aryl methyl sites for hydroxylation is 1. The quantitative estimate of drug-likeness (QED) is 0.272. The second-order valence-corrected chi connectivity index (χ2v) is 8.62. The van der Waals surface area contributed by atoms with Crippen molar-refractivity contribution in [1.29, 1.82) is 5.41 Å². The van der Waals surface area contributed by atoms with E-state index in [0.29, 0.717) is 0 Å². The zero-order valence-electron chi connectivity index (χ0n) is 15.2. The number of hydrogen-bond donors (Lipinski definition) is 3. The summed E-state index contributed by atoms with van der Waals surface area (Å²) in [7, 11) is 0. The molecule has 0 aliphatic heterocycles. The first-order valence-electron chi connectivity index (χ1n) is 7.88. The average Bonchev–Trinajstić information content (AvgIpc) is 3.29. The highest BCUT2D eigenvalue weighted by Crippen LogP contribution is 2.40. The number of carboxylic acid groups (broad SMARTS) is 1. The number of rotatable bonds is 4. The van der Waals surface area contributed by atoms with Crippen molar-refractivity contribution < 1.29 is 23.1 Å². The first-order valence-corrected chi connectivity index (χ1v) is 10.8. The van der Waals surface area contributed by atoms with Gasteiger partial charge in [0, 0.05) is 16.5 Å². The summed E-state index contributed by atoms with van der Waals surface area (Å²) in [4.78, 5) is 14.5. The Balaban J connectivity index is 0.000000370.